The summed E-state index contributed by atoms with van der Waals surface area (Å²) in [5, 5.41) is 1.54. The van der Waals surface area contributed by atoms with Gasteiger partial charge in [0.2, 0.25) is 0 Å². The number of carbonyl (C=O) groups excluding carboxylic acids is 1. The third-order valence-electron chi connectivity index (χ3n) is 3.17. The van der Waals surface area contributed by atoms with Crippen molar-refractivity contribution in [2.45, 2.75) is 25.4 Å². The SMILES string of the molecule is O=C1CCC(Oc2ccc(Cl)c3cccnc23)C1. The highest BCUT2D eigenvalue weighted by Crippen LogP contribution is 2.32. The monoisotopic (exact) mass is 261 g/mol. The Morgan fingerprint density at radius 3 is 3.00 bits per heavy atom. The zero-order valence-electron chi connectivity index (χ0n) is 9.73. The molecule has 0 amide bonds. The Balaban J connectivity index is 1.97. The number of Topliss-reactive ketones (excluding diaryl/α,β-unsaturated/α-hetero) is 1. The lowest BCUT2D eigenvalue weighted by Crippen LogP contribution is -2.12. The van der Waals surface area contributed by atoms with Crippen molar-refractivity contribution in [3.63, 3.8) is 0 Å². The minimum Gasteiger partial charge on any atom is -0.488 e. The summed E-state index contributed by atoms with van der Waals surface area (Å²) in [6.45, 7) is 0. The highest BCUT2D eigenvalue weighted by Gasteiger charge is 2.24. The standard InChI is InChI=1S/C14H12ClNO2/c15-12-5-6-13(14-11(12)2-1-7-16-14)18-10-4-3-9(17)8-10/h1-2,5-7,10H,3-4,8H2. The molecule has 2 aromatic rings. The lowest BCUT2D eigenvalue weighted by molar-refractivity contribution is -0.117. The van der Waals surface area contributed by atoms with Crippen LogP contribution < -0.4 is 4.74 Å². The van der Waals surface area contributed by atoms with Crippen LogP contribution in [0.3, 0.4) is 0 Å². The van der Waals surface area contributed by atoms with Crippen molar-refractivity contribution in [1.29, 1.82) is 0 Å². The maximum absolute atomic E-state index is 11.2. The van der Waals surface area contributed by atoms with Crippen molar-refractivity contribution >= 4 is 28.3 Å². The van der Waals surface area contributed by atoms with Crippen LogP contribution in [0.2, 0.25) is 5.02 Å². The average Bonchev–Trinajstić information content (AvgIpc) is 2.79. The Labute approximate surface area is 110 Å². The minimum absolute atomic E-state index is 0.0242. The number of pyridine rings is 1. The van der Waals surface area contributed by atoms with E-state index in [2.05, 4.69) is 4.98 Å². The van der Waals surface area contributed by atoms with Crippen LogP contribution in [0.5, 0.6) is 5.75 Å². The highest BCUT2D eigenvalue weighted by molar-refractivity contribution is 6.35. The molecule has 4 heteroatoms. The van der Waals surface area contributed by atoms with Gasteiger partial charge in [0.15, 0.2) is 0 Å². The fraction of sp³-hybridized carbons (Fsp3) is 0.286. The first-order valence-electron chi connectivity index (χ1n) is 5.95. The summed E-state index contributed by atoms with van der Waals surface area (Å²) in [7, 11) is 0. The number of hydrogen-bond acceptors (Lipinski definition) is 3. The van der Waals surface area contributed by atoms with Gasteiger partial charge in [0.1, 0.15) is 23.2 Å². The summed E-state index contributed by atoms with van der Waals surface area (Å²) in [6, 6.07) is 7.38. The number of carbonyl (C=O) groups is 1. The fourth-order valence-corrected chi connectivity index (χ4v) is 2.48. The first-order valence-corrected chi connectivity index (χ1v) is 6.33. The molecule has 0 aliphatic heterocycles. The zero-order chi connectivity index (χ0) is 12.5. The van der Waals surface area contributed by atoms with Gasteiger partial charge in [0, 0.05) is 24.4 Å². The van der Waals surface area contributed by atoms with Crippen molar-refractivity contribution in [3.05, 3.63) is 35.5 Å². The van der Waals surface area contributed by atoms with E-state index in [1.165, 1.54) is 0 Å². The normalized spacial score (nSPS) is 19.4. The summed E-state index contributed by atoms with van der Waals surface area (Å²) in [6.07, 6.45) is 3.59. The fourth-order valence-electron chi connectivity index (χ4n) is 2.27. The van der Waals surface area contributed by atoms with E-state index in [1.54, 1.807) is 12.3 Å². The van der Waals surface area contributed by atoms with E-state index in [0.29, 0.717) is 23.6 Å². The molecule has 0 spiro atoms. The second kappa shape index (κ2) is 4.58. The Morgan fingerprint density at radius 2 is 2.22 bits per heavy atom. The first kappa shape index (κ1) is 11.5. The maximum atomic E-state index is 11.2. The van der Waals surface area contributed by atoms with Gasteiger partial charge in [0.25, 0.3) is 0 Å². The van der Waals surface area contributed by atoms with E-state index in [9.17, 15) is 4.79 Å². The maximum Gasteiger partial charge on any atom is 0.146 e. The largest absolute Gasteiger partial charge is 0.488 e. The predicted molar refractivity (Wildman–Crippen MR) is 70.0 cm³/mol. The molecule has 1 aromatic heterocycles. The molecule has 0 N–H and O–H groups in total. The summed E-state index contributed by atoms with van der Waals surface area (Å²) in [4.78, 5) is 15.6. The number of rotatable bonds is 2. The molecule has 1 unspecified atom stereocenters. The first-order chi connectivity index (χ1) is 8.74. The van der Waals surface area contributed by atoms with Crippen LogP contribution in [0.1, 0.15) is 19.3 Å². The number of ether oxygens (including phenoxy) is 1. The van der Waals surface area contributed by atoms with Crippen LogP contribution in [-0.2, 0) is 4.79 Å². The van der Waals surface area contributed by atoms with Gasteiger partial charge in [-0.2, -0.15) is 0 Å². The van der Waals surface area contributed by atoms with Gasteiger partial charge in [-0.05, 0) is 30.7 Å². The van der Waals surface area contributed by atoms with Crippen LogP contribution >= 0.6 is 11.6 Å². The van der Waals surface area contributed by atoms with Crippen molar-refractivity contribution in [2.24, 2.45) is 0 Å². The Morgan fingerprint density at radius 1 is 1.33 bits per heavy atom. The van der Waals surface area contributed by atoms with Gasteiger partial charge in [-0.15, -0.1) is 0 Å². The van der Waals surface area contributed by atoms with Gasteiger partial charge >= 0.3 is 0 Å². The smallest absolute Gasteiger partial charge is 0.146 e. The van der Waals surface area contributed by atoms with Crippen LogP contribution in [-0.4, -0.2) is 16.9 Å². The molecule has 0 saturated heterocycles. The summed E-state index contributed by atoms with van der Waals surface area (Å²) < 4.78 is 5.87. The number of hydrogen-bond donors (Lipinski definition) is 0. The molecule has 18 heavy (non-hydrogen) atoms. The molecule has 1 saturated carbocycles. The van der Waals surface area contributed by atoms with Gasteiger partial charge in [0.05, 0.1) is 5.02 Å². The van der Waals surface area contributed by atoms with E-state index in [1.807, 2.05) is 18.2 Å². The highest BCUT2D eigenvalue weighted by atomic mass is 35.5. The third kappa shape index (κ3) is 2.06. The molecule has 0 radical (unpaired) electrons. The van der Waals surface area contributed by atoms with Crippen molar-refractivity contribution in [3.8, 4) is 5.75 Å². The number of ketones is 1. The molecular weight excluding hydrogens is 250 g/mol. The Hall–Kier alpha value is -1.61. The summed E-state index contributed by atoms with van der Waals surface area (Å²) >= 11 is 6.12. The quantitative estimate of drug-likeness (QED) is 0.832. The minimum atomic E-state index is -0.0242. The second-order valence-corrected chi connectivity index (χ2v) is 4.87. The van der Waals surface area contributed by atoms with E-state index in [4.69, 9.17) is 16.3 Å². The predicted octanol–water partition coefficient (Wildman–Crippen LogP) is 3.39. The van der Waals surface area contributed by atoms with Gasteiger partial charge < -0.3 is 4.74 Å². The van der Waals surface area contributed by atoms with Crippen LogP contribution in [0.25, 0.3) is 10.9 Å². The van der Waals surface area contributed by atoms with Crippen molar-refractivity contribution in [2.75, 3.05) is 0 Å². The Bertz CT molecular complexity index is 612. The van der Waals surface area contributed by atoms with Crippen molar-refractivity contribution in [1.82, 2.24) is 4.98 Å². The van der Waals surface area contributed by atoms with E-state index < -0.39 is 0 Å². The zero-order valence-corrected chi connectivity index (χ0v) is 10.5. The number of aromatic nitrogens is 1. The topological polar surface area (TPSA) is 39.2 Å². The molecule has 3 nitrogen and oxygen atoms in total. The van der Waals surface area contributed by atoms with Crippen LogP contribution in [0, 0.1) is 0 Å². The average molecular weight is 262 g/mol. The number of halogens is 1. The van der Waals surface area contributed by atoms with Gasteiger partial charge in [-0.1, -0.05) is 11.6 Å². The lowest BCUT2D eigenvalue weighted by atomic mass is 10.2. The van der Waals surface area contributed by atoms with E-state index in [0.717, 1.165) is 17.3 Å². The van der Waals surface area contributed by atoms with Crippen molar-refractivity contribution < 1.29 is 9.53 Å². The molecule has 1 atom stereocenters. The molecule has 1 fully saturated rings. The third-order valence-corrected chi connectivity index (χ3v) is 3.50. The molecule has 1 heterocycles. The molecule has 1 aliphatic carbocycles. The van der Waals surface area contributed by atoms with Crippen LogP contribution in [0.4, 0.5) is 0 Å². The number of fused-ring (bicyclic) bond motifs is 1. The Kier molecular flexibility index (Phi) is 2.92. The van der Waals surface area contributed by atoms with Gasteiger partial charge in [-0.3, -0.25) is 9.78 Å². The van der Waals surface area contributed by atoms with E-state index in [-0.39, 0.29) is 11.9 Å². The summed E-state index contributed by atoms with van der Waals surface area (Å²) in [5.41, 5.74) is 0.754. The molecule has 1 aromatic carbocycles. The molecule has 1 aliphatic rings. The van der Waals surface area contributed by atoms with Crippen LogP contribution in [0.15, 0.2) is 30.5 Å². The molecule has 0 bridgehead atoms. The molecule has 92 valence electrons. The molecular formula is C14H12ClNO2. The molecule has 3 rings (SSSR count). The van der Waals surface area contributed by atoms with E-state index >= 15 is 0 Å². The second-order valence-electron chi connectivity index (χ2n) is 4.47. The van der Waals surface area contributed by atoms with Gasteiger partial charge in [-0.25, -0.2) is 0 Å². The number of nitrogens with zero attached hydrogens (tertiary/aromatic N) is 1. The number of benzene rings is 1. The lowest BCUT2D eigenvalue weighted by Gasteiger charge is -2.14. The summed E-state index contributed by atoms with van der Waals surface area (Å²) in [5.74, 6) is 0.973.